The summed E-state index contributed by atoms with van der Waals surface area (Å²) in [5.41, 5.74) is 1.96. The van der Waals surface area contributed by atoms with Crippen molar-refractivity contribution in [3.05, 3.63) is 95.1 Å². The van der Waals surface area contributed by atoms with E-state index in [2.05, 4.69) is 0 Å². The van der Waals surface area contributed by atoms with Gasteiger partial charge in [0.15, 0.2) is 0 Å². The normalized spacial score (nSPS) is 14.5. The first kappa shape index (κ1) is 21.4. The Morgan fingerprint density at radius 1 is 0.968 bits per heavy atom. The first-order valence-corrected chi connectivity index (χ1v) is 11.2. The Balaban J connectivity index is 1.49. The molecule has 0 unspecified atom stereocenters. The number of benzene rings is 3. The molecule has 1 aliphatic heterocycles. The molecule has 3 aromatic rings. The van der Waals surface area contributed by atoms with Crippen molar-refractivity contribution in [2.45, 2.75) is 24.7 Å². The summed E-state index contributed by atoms with van der Waals surface area (Å²) in [7, 11) is -3.88. The van der Waals surface area contributed by atoms with Gasteiger partial charge in [-0.1, -0.05) is 30.3 Å². The predicted molar refractivity (Wildman–Crippen MR) is 111 cm³/mol. The number of halogens is 2. The zero-order chi connectivity index (χ0) is 21.8. The molecule has 0 saturated carbocycles. The lowest BCUT2D eigenvalue weighted by molar-refractivity contribution is 0.105. The van der Waals surface area contributed by atoms with Crippen LogP contribution in [0.1, 0.15) is 16.7 Å². The lowest BCUT2D eigenvalue weighted by Gasteiger charge is -2.19. The van der Waals surface area contributed by atoms with Crippen LogP contribution in [0.25, 0.3) is 0 Å². The molecule has 0 radical (unpaired) electrons. The summed E-state index contributed by atoms with van der Waals surface area (Å²) in [6.45, 7) is 0.783. The number of sulfonamides is 1. The molecule has 3 aromatic carbocycles. The zero-order valence-electron chi connectivity index (χ0n) is 16.6. The fourth-order valence-corrected chi connectivity index (χ4v) is 4.82. The Hall–Kier alpha value is -2.81. The van der Waals surface area contributed by atoms with Crippen molar-refractivity contribution in [2.75, 3.05) is 13.2 Å². The zero-order valence-corrected chi connectivity index (χ0v) is 17.4. The molecular weight excluding hydrogens is 424 g/mol. The molecule has 31 heavy (non-hydrogen) atoms. The van der Waals surface area contributed by atoms with Gasteiger partial charge in [-0.15, -0.1) is 0 Å². The highest BCUT2D eigenvalue weighted by molar-refractivity contribution is 7.89. The average Bonchev–Trinajstić information content (AvgIpc) is 2.98. The highest BCUT2D eigenvalue weighted by atomic mass is 32.2. The number of fused-ring (bicyclic) bond motifs is 1. The molecule has 0 aliphatic carbocycles. The fourth-order valence-electron chi connectivity index (χ4n) is 3.39. The Bertz CT molecular complexity index is 1180. The second-order valence-electron chi connectivity index (χ2n) is 7.17. The van der Waals surface area contributed by atoms with Crippen molar-refractivity contribution >= 4 is 10.0 Å². The SMILES string of the molecule is O=S(=O)(c1cccc(F)c1)N1CCOc2ccc(COCc3ccccc3F)cc2C1. The fraction of sp³-hybridized carbons (Fsp3) is 0.217. The van der Waals surface area contributed by atoms with Gasteiger partial charge in [0, 0.05) is 24.2 Å². The summed E-state index contributed by atoms with van der Waals surface area (Å²) in [5.74, 6) is -0.340. The van der Waals surface area contributed by atoms with Crippen LogP contribution >= 0.6 is 0 Å². The van der Waals surface area contributed by atoms with Gasteiger partial charge in [-0.2, -0.15) is 4.31 Å². The van der Waals surface area contributed by atoms with Gasteiger partial charge < -0.3 is 9.47 Å². The molecule has 0 bridgehead atoms. The quantitative estimate of drug-likeness (QED) is 0.569. The summed E-state index contributed by atoms with van der Waals surface area (Å²) in [5, 5.41) is 0. The van der Waals surface area contributed by atoms with Crippen LogP contribution < -0.4 is 4.74 Å². The van der Waals surface area contributed by atoms with Crippen LogP contribution in [0.3, 0.4) is 0 Å². The molecule has 0 atom stereocenters. The van der Waals surface area contributed by atoms with Gasteiger partial charge in [0.1, 0.15) is 24.0 Å². The molecule has 0 fully saturated rings. The summed E-state index contributed by atoms with van der Waals surface area (Å²) < 4.78 is 65.9. The summed E-state index contributed by atoms with van der Waals surface area (Å²) >= 11 is 0. The smallest absolute Gasteiger partial charge is 0.243 e. The first-order chi connectivity index (χ1) is 14.9. The maximum atomic E-state index is 13.7. The lowest BCUT2D eigenvalue weighted by atomic mass is 10.1. The minimum atomic E-state index is -3.88. The van der Waals surface area contributed by atoms with E-state index >= 15 is 0 Å². The van der Waals surface area contributed by atoms with Crippen molar-refractivity contribution in [2.24, 2.45) is 0 Å². The number of ether oxygens (including phenoxy) is 2. The van der Waals surface area contributed by atoms with Gasteiger partial charge in [0.05, 0.1) is 18.1 Å². The van der Waals surface area contributed by atoms with Gasteiger partial charge in [0.2, 0.25) is 10.0 Å². The minimum Gasteiger partial charge on any atom is -0.492 e. The third kappa shape index (κ3) is 4.92. The second kappa shape index (κ2) is 9.13. The number of hydrogen-bond acceptors (Lipinski definition) is 4. The predicted octanol–water partition coefficient (Wildman–Crippen LogP) is 4.26. The molecule has 0 amide bonds. The molecule has 1 heterocycles. The number of nitrogens with zero attached hydrogens (tertiary/aromatic N) is 1. The number of rotatable bonds is 6. The molecule has 0 aromatic heterocycles. The van der Waals surface area contributed by atoms with Gasteiger partial charge in [0.25, 0.3) is 0 Å². The first-order valence-electron chi connectivity index (χ1n) is 9.75. The molecule has 1 aliphatic rings. The van der Waals surface area contributed by atoms with E-state index in [9.17, 15) is 17.2 Å². The van der Waals surface area contributed by atoms with E-state index in [1.54, 1.807) is 24.3 Å². The molecule has 4 rings (SSSR count). The van der Waals surface area contributed by atoms with E-state index in [1.165, 1.54) is 28.6 Å². The third-order valence-corrected chi connectivity index (χ3v) is 6.83. The molecule has 0 spiro atoms. The molecule has 8 heteroatoms. The van der Waals surface area contributed by atoms with Crippen LogP contribution in [0, 0.1) is 11.6 Å². The van der Waals surface area contributed by atoms with Crippen molar-refractivity contribution < 1.29 is 26.7 Å². The van der Waals surface area contributed by atoms with Crippen LogP contribution in [0.4, 0.5) is 8.78 Å². The van der Waals surface area contributed by atoms with Crippen LogP contribution in [0.15, 0.2) is 71.6 Å². The Labute approximate surface area is 179 Å². The van der Waals surface area contributed by atoms with Crippen LogP contribution in [-0.2, 0) is 34.5 Å². The third-order valence-electron chi connectivity index (χ3n) is 4.99. The van der Waals surface area contributed by atoms with Crippen molar-refractivity contribution in [3.63, 3.8) is 0 Å². The van der Waals surface area contributed by atoms with E-state index in [4.69, 9.17) is 9.47 Å². The van der Waals surface area contributed by atoms with E-state index in [-0.39, 0.29) is 43.6 Å². The summed E-state index contributed by atoms with van der Waals surface area (Å²) in [6, 6.07) is 16.8. The highest BCUT2D eigenvalue weighted by Gasteiger charge is 2.28. The topological polar surface area (TPSA) is 55.8 Å². The van der Waals surface area contributed by atoms with Crippen molar-refractivity contribution in [3.8, 4) is 5.75 Å². The van der Waals surface area contributed by atoms with Gasteiger partial charge in [-0.25, -0.2) is 17.2 Å². The second-order valence-corrected chi connectivity index (χ2v) is 9.11. The maximum absolute atomic E-state index is 13.7. The molecule has 0 saturated heterocycles. The van der Waals surface area contributed by atoms with E-state index < -0.39 is 15.8 Å². The molecular formula is C23H21F2NO4S. The Morgan fingerprint density at radius 3 is 2.61 bits per heavy atom. The molecule has 5 nitrogen and oxygen atoms in total. The summed E-state index contributed by atoms with van der Waals surface area (Å²) in [6.07, 6.45) is 0. The highest BCUT2D eigenvalue weighted by Crippen LogP contribution is 2.28. The van der Waals surface area contributed by atoms with E-state index in [1.807, 2.05) is 12.1 Å². The van der Waals surface area contributed by atoms with Crippen molar-refractivity contribution in [1.29, 1.82) is 0 Å². The van der Waals surface area contributed by atoms with E-state index in [0.717, 1.165) is 11.6 Å². The van der Waals surface area contributed by atoms with Gasteiger partial charge in [-0.3, -0.25) is 0 Å². The Kier molecular flexibility index (Phi) is 6.31. The number of hydrogen-bond donors (Lipinski definition) is 0. The monoisotopic (exact) mass is 445 g/mol. The standard InChI is InChI=1S/C23H21F2NO4S/c24-20-5-3-6-21(13-20)31(27,28)26-10-11-30-23-9-8-17(12-19(23)14-26)15-29-16-18-4-1-2-7-22(18)25/h1-9,12-13H,10-11,14-16H2. The van der Waals surface area contributed by atoms with Crippen LogP contribution in [0.5, 0.6) is 5.75 Å². The maximum Gasteiger partial charge on any atom is 0.243 e. The van der Waals surface area contributed by atoms with Gasteiger partial charge >= 0.3 is 0 Å². The molecule has 0 N–H and O–H groups in total. The largest absolute Gasteiger partial charge is 0.492 e. The average molecular weight is 445 g/mol. The lowest BCUT2D eigenvalue weighted by Crippen LogP contribution is -2.32. The van der Waals surface area contributed by atoms with Gasteiger partial charge in [-0.05, 0) is 42.0 Å². The van der Waals surface area contributed by atoms with E-state index in [0.29, 0.717) is 16.9 Å². The Morgan fingerprint density at radius 2 is 1.81 bits per heavy atom. The van der Waals surface area contributed by atoms with Crippen LogP contribution in [0.2, 0.25) is 0 Å². The molecule has 162 valence electrons. The minimum absolute atomic E-state index is 0.0926. The summed E-state index contributed by atoms with van der Waals surface area (Å²) in [4.78, 5) is -0.0969. The van der Waals surface area contributed by atoms with Crippen molar-refractivity contribution in [1.82, 2.24) is 4.31 Å². The van der Waals surface area contributed by atoms with Crippen LogP contribution in [-0.4, -0.2) is 25.9 Å².